The summed E-state index contributed by atoms with van der Waals surface area (Å²) in [5, 5.41) is 0. The summed E-state index contributed by atoms with van der Waals surface area (Å²) < 4.78 is 45.4. The lowest BCUT2D eigenvalue weighted by atomic mass is 10.1. The molecular weight excluding hydrogens is 295 g/mol. The fraction of sp³-hybridized carbons (Fsp3) is 0.188. The van der Waals surface area contributed by atoms with Crippen molar-refractivity contribution < 1.29 is 22.7 Å². The molecule has 0 saturated carbocycles. The van der Waals surface area contributed by atoms with E-state index < -0.39 is 23.5 Å². The van der Waals surface area contributed by atoms with E-state index in [2.05, 4.69) is 0 Å². The molecule has 0 aliphatic carbocycles. The Morgan fingerprint density at radius 1 is 1.14 bits per heavy atom. The zero-order valence-electron chi connectivity index (χ0n) is 11.5. The lowest BCUT2D eigenvalue weighted by molar-refractivity contribution is 0.146. The van der Waals surface area contributed by atoms with E-state index in [1.54, 1.807) is 6.07 Å². The zero-order chi connectivity index (χ0) is 15.7. The highest BCUT2D eigenvalue weighted by molar-refractivity contribution is 5.90. The Hall–Kier alpha value is -2.50. The monoisotopic (exact) mass is 307 g/mol. The van der Waals surface area contributed by atoms with Gasteiger partial charge in [-0.15, -0.1) is 0 Å². The molecule has 0 unspecified atom stereocenters. The Labute approximate surface area is 124 Å². The standard InChI is InChI=1S/C16H12F3NO2/c17-11-7-14(19)12-5-6-20(15(12)8-11)16(21)22-9-10-3-1-2-4-13(10)18/h1-4,7-8H,5-6,9H2. The maximum absolute atomic E-state index is 13.6. The normalized spacial score (nSPS) is 13.1. The number of hydrogen-bond acceptors (Lipinski definition) is 2. The fourth-order valence-electron chi connectivity index (χ4n) is 2.44. The van der Waals surface area contributed by atoms with Crippen LogP contribution in [0.2, 0.25) is 0 Å². The predicted molar refractivity (Wildman–Crippen MR) is 74.0 cm³/mol. The van der Waals surface area contributed by atoms with Crippen LogP contribution < -0.4 is 4.90 Å². The van der Waals surface area contributed by atoms with E-state index in [4.69, 9.17) is 4.74 Å². The zero-order valence-corrected chi connectivity index (χ0v) is 11.5. The summed E-state index contributed by atoms with van der Waals surface area (Å²) in [5.74, 6) is -1.92. The number of anilines is 1. The topological polar surface area (TPSA) is 29.5 Å². The van der Waals surface area contributed by atoms with Crippen molar-refractivity contribution in [2.45, 2.75) is 13.0 Å². The average Bonchev–Trinajstić information content (AvgIpc) is 2.90. The van der Waals surface area contributed by atoms with Gasteiger partial charge < -0.3 is 4.74 Å². The Balaban J connectivity index is 1.74. The van der Waals surface area contributed by atoms with Crippen LogP contribution in [-0.2, 0) is 17.8 Å². The molecule has 1 amide bonds. The van der Waals surface area contributed by atoms with Crippen molar-refractivity contribution in [2.24, 2.45) is 0 Å². The van der Waals surface area contributed by atoms with Gasteiger partial charge in [-0.1, -0.05) is 18.2 Å². The molecule has 2 aromatic rings. The molecule has 2 aromatic carbocycles. The highest BCUT2D eigenvalue weighted by Crippen LogP contribution is 2.31. The maximum Gasteiger partial charge on any atom is 0.414 e. The first kappa shape index (κ1) is 14.4. The van der Waals surface area contributed by atoms with E-state index >= 15 is 0 Å². The quantitative estimate of drug-likeness (QED) is 0.844. The number of amides is 1. The van der Waals surface area contributed by atoms with Gasteiger partial charge in [-0.3, -0.25) is 4.90 Å². The number of ether oxygens (including phenoxy) is 1. The number of halogens is 3. The summed E-state index contributed by atoms with van der Waals surface area (Å²) in [4.78, 5) is 13.2. The minimum Gasteiger partial charge on any atom is -0.444 e. The van der Waals surface area contributed by atoms with Gasteiger partial charge >= 0.3 is 6.09 Å². The van der Waals surface area contributed by atoms with Crippen LogP contribution >= 0.6 is 0 Å². The Morgan fingerprint density at radius 3 is 2.68 bits per heavy atom. The summed E-state index contributed by atoms with van der Waals surface area (Å²) in [6, 6.07) is 7.80. The molecule has 0 radical (unpaired) electrons. The van der Waals surface area contributed by atoms with Crippen LogP contribution in [0, 0.1) is 17.5 Å². The van der Waals surface area contributed by atoms with Gasteiger partial charge in [-0.2, -0.15) is 0 Å². The second-order valence-corrected chi connectivity index (χ2v) is 4.93. The third-order valence-electron chi connectivity index (χ3n) is 3.54. The lowest BCUT2D eigenvalue weighted by Crippen LogP contribution is -2.29. The first-order chi connectivity index (χ1) is 10.6. The van der Waals surface area contributed by atoms with E-state index in [1.807, 2.05) is 0 Å². The second kappa shape index (κ2) is 5.71. The fourth-order valence-corrected chi connectivity index (χ4v) is 2.44. The van der Waals surface area contributed by atoms with E-state index in [-0.39, 0.29) is 36.4 Å². The number of nitrogens with zero attached hydrogens (tertiary/aromatic N) is 1. The number of carbonyl (C=O) groups excluding carboxylic acids is 1. The van der Waals surface area contributed by atoms with Crippen molar-refractivity contribution in [1.29, 1.82) is 0 Å². The predicted octanol–water partition coefficient (Wildman–Crippen LogP) is 3.80. The summed E-state index contributed by atoms with van der Waals surface area (Å²) in [6.07, 6.45) is -0.469. The number of benzene rings is 2. The smallest absolute Gasteiger partial charge is 0.414 e. The lowest BCUT2D eigenvalue weighted by Gasteiger charge is -2.17. The highest BCUT2D eigenvalue weighted by atomic mass is 19.1. The number of rotatable bonds is 2. The Morgan fingerprint density at radius 2 is 1.91 bits per heavy atom. The molecule has 1 heterocycles. The second-order valence-electron chi connectivity index (χ2n) is 4.93. The largest absolute Gasteiger partial charge is 0.444 e. The Kier molecular flexibility index (Phi) is 3.75. The molecular formula is C16H12F3NO2. The maximum atomic E-state index is 13.6. The van der Waals surface area contributed by atoms with Crippen LogP contribution in [-0.4, -0.2) is 12.6 Å². The molecule has 6 heteroatoms. The van der Waals surface area contributed by atoms with Gasteiger partial charge in [-0.05, 0) is 18.6 Å². The van der Waals surface area contributed by atoms with E-state index in [0.717, 1.165) is 17.0 Å². The third-order valence-corrected chi connectivity index (χ3v) is 3.54. The molecule has 0 N–H and O–H groups in total. The van der Waals surface area contributed by atoms with Gasteiger partial charge in [0.15, 0.2) is 0 Å². The first-order valence-electron chi connectivity index (χ1n) is 6.72. The van der Waals surface area contributed by atoms with Crippen LogP contribution in [0.1, 0.15) is 11.1 Å². The van der Waals surface area contributed by atoms with E-state index in [0.29, 0.717) is 0 Å². The SMILES string of the molecule is O=C(OCc1ccccc1F)N1CCc2c(F)cc(F)cc21. The van der Waals surface area contributed by atoms with Gasteiger partial charge in [0.25, 0.3) is 0 Å². The van der Waals surface area contributed by atoms with Crippen LogP contribution in [0.25, 0.3) is 0 Å². The molecule has 22 heavy (non-hydrogen) atoms. The number of hydrogen-bond donors (Lipinski definition) is 0. The molecule has 0 saturated heterocycles. The molecule has 0 bridgehead atoms. The highest BCUT2D eigenvalue weighted by Gasteiger charge is 2.29. The summed E-state index contributed by atoms with van der Waals surface area (Å²) in [5.41, 5.74) is 0.681. The van der Waals surface area contributed by atoms with Gasteiger partial charge in [-0.25, -0.2) is 18.0 Å². The molecule has 1 aliphatic heterocycles. The number of carbonyl (C=O) groups is 1. The molecule has 0 aromatic heterocycles. The van der Waals surface area contributed by atoms with Gasteiger partial charge in [0.05, 0.1) is 5.69 Å². The molecule has 0 fully saturated rings. The van der Waals surface area contributed by atoms with Crippen molar-refractivity contribution >= 4 is 11.8 Å². The molecule has 0 spiro atoms. The molecule has 3 nitrogen and oxygen atoms in total. The summed E-state index contributed by atoms with van der Waals surface area (Å²) in [7, 11) is 0. The summed E-state index contributed by atoms with van der Waals surface area (Å²) >= 11 is 0. The van der Waals surface area contributed by atoms with E-state index in [1.165, 1.54) is 18.2 Å². The average molecular weight is 307 g/mol. The van der Waals surface area contributed by atoms with Crippen LogP contribution in [0.15, 0.2) is 36.4 Å². The van der Waals surface area contributed by atoms with Crippen molar-refractivity contribution in [3.05, 3.63) is 65.0 Å². The van der Waals surface area contributed by atoms with Crippen molar-refractivity contribution in [3.63, 3.8) is 0 Å². The van der Waals surface area contributed by atoms with Crippen LogP contribution in [0.3, 0.4) is 0 Å². The number of fused-ring (bicyclic) bond motifs is 1. The first-order valence-corrected chi connectivity index (χ1v) is 6.72. The molecule has 1 aliphatic rings. The van der Waals surface area contributed by atoms with Crippen LogP contribution in [0.5, 0.6) is 0 Å². The van der Waals surface area contributed by atoms with Crippen molar-refractivity contribution in [2.75, 3.05) is 11.4 Å². The van der Waals surface area contributed by atoms with Gasteiger partial charge in [0.2, 0.25) is 0 Å². The van der Waals surface area contributed by atoms with Crippen molar-refractivity contribution in [1.82, 2.24) is 0 Å². The van der Waals surface area contributed by atoms with E-state index in [9.17, 15) is 18.0 Å². The van der Waals surface area contributed by atoms with Crippen molar-refractivity contribution in [3.8, 4) is 0 Å². The minimum absolute atomic E-state index is 0.163. The molecule has 3 rings (SSSR count). The molecule has 114 valence electrons. The minimum atomic E-state index is -0.759. The molecule has 0 atom stereocenters. The van der Waals surface area contributed by atoms with Crippen LogP contribution in [0.4, 0.5) is 23.7 Å². The van der Waals surface area contributed by atoms with Gasteiger partial charge in [0, 0.05) is 23.7 Å². The third kappa shape index (κ3) is 2.64. The summed E-state index contributed by atoms with van der Waals surface area (Å²) in [6.45, 7) is -0.0407. The van der Waals surface area contributed by atoms with Gasteiger partial charge in [0.1, 0.15) is 24.1 Å². The Bertz CT molecular complexity index is 733.